The standard InChI is InChI=1S/C7H16.C4H8O2.C2H3N.H2O/c1-3-5-7-6-4-2;1-3-6-4(2)5;1-2-3;/h3-7H2,1-2H3;3H2,1-2H3;1H3;1H2. The van der Waals surface area contributed by atoms with E-state index < -0.39 is 0 Å². The van der Waals surface area contributed by atoms with Crippen molar-refractivity contribution in [2.75, 3.05) is 6.61 Å². The molecule has 0 amide bonds. The van der Waals surface area contributed by atoms with Gasteiger partial charge in [0.25, 0.3) is 0 Å². The smallest absolute Gasteiger partial charge is 0.302 e. The van der Waals surface area contributed by atoms with E-state index in [-0.39, 0.29) is 11.4 Å². The minimum atomic E-state index is -0.211. The van der Waals surface area contributed by atoms with E-state index in [1.165, 1.54) is 46.0 Å². The lowest BCUT2D eigenvalue weighted by Crippen LogP contribution is -1.95. The fourth-order valence-corrected chi connectivity index (χ4v) is 0.880. The van der Waals surface area contributed by atoms with Crippen LogP contribution in [0.25, 0.3) is 0 Å². The number of unbranched alkanes of at least 4 members (excludes halogenated alkanes) is 4. The maximum atomic E-state index is 9.82. The van der Waals surface area contributed by atoms with Crippen LogP contribution >= 0.6 is 0 Å². The maximum Gasteiger partial charge on any atom is 0.302 e. The van der Waals surface area contributed by atoms with E-state index in [0.29, 0.717) is 6.61 Å². The van der Waals surface area contributed by atoms with Gasteiger partial charge in [-0.3, -0.25) is 4.79 Å². The van der Waals surface area contributed by atoms with E-state index in [1.54, 1.807) is 13.0 Å². The van der Waals surface area contributed by atoms with Gasteiger partial charge in [-0.25, -0.2) is 0 Å². The first-order valence-electron chi connectivity index (χ1n) is 6.04. The minimum absolute atomic E-state index is 0. The lowest BCUT2D eigenvalue weighted by molar-refractivity contribution is -0.140. The lowest BCUT2D eigenvalue weighted by atomic mass is 10.2. The number of carbonyl (C=O) groups is 1. The molecule has 0 aliphatic carbocycles. The minimum Gasteiger partial charge on any atom is -0.466 e. The molecule has 104 valence electrons. The highest BCUT2D eigenvalue weighted by Gasteiger charge is 1.81. The van der Waals surface area contributed by atoms with Crippen LogP contribution in [0.5, 0.6) is 0 Å². The van der Waals surface area contributed by atoms with Gasteiger partial charge in [0.2, 0.25) is 0 Å². The molecule has 0 saturated heterocycles. The van der Waals surface area contributed by atoms with Crippen LogP contribution in [0.2, 0.25) is 0 Å². The van der Waals surface area contributed by atoms with Crippen LogP contribution in [-0.2, 0) is 9.53 Å². The Balaban J connectivity index is -0.0000000778. The number of hydrogen-bond donors (Lipinski definition) is 0. The average molecular weight is 247 g/mol. The molecule has 0 radical (unpaired) electrons. The number of hydrogen-bond acceptors (Lipinski definition) is 3. The summed E-state index contributed by atoms with van der Waals surface area (Å²) in [5.41, 5.74) is 0. The van der Waals surface area contributed by atoms with Gasteiger partial charge in [0.1, 0.15) is 0 Å². The van der Waals surface area contributed by atoms with Crippen molar-refractivity contribution >= 4 is 5.97 Å². The number of rotatable bonds is 5. The maximum absolute atomic E-state index is 9.82. The molecule has 0 fully saturated rings. The number of nitriles is 1. The van der Waals surface area contributed by atoms with Crippen LogP contribution in [0.3, 0.4) is 0 Å². The number of nitrogens with zero attached hydrogens (tertiary/aromatic N) is 1. The third-order valence-electron chi connectivity index (χ3n) is 1.55. The molecular weight excluding hydrogens is 218 g/mol. The number of ether oxygens (including phenoxy) is 1. The van der Waals surface area contributed by atoms with Gasteiger partial charge in [0, 0.05) is 13.8 Å². The van der Waals surface area contributed by atoms with Crippen LogP contribution < -0.4 is 0 Å². The third kappa shape index (κ3) is 71.1. The predicted molar refractivity (Wildman–Crippen MR) is 71.6 cm³/mol. The quantitative estimate of drug-likeness (QED) is 0.552. The van der Waals surface area contributed by atoms with Crippen molar-refractivity contribution in [1.29, 1.82) is 5.26 Å². The summed E-state index contributed by atoms with van der Waals surface area (Å²) in [6.45, 7) is 9.57. The van der Waals surface area contributed by atoms with Crippen LogP contribution in [-0.4, -0.2) is 18.1 Å². The fourth-order valence-electron chi connectivity index (χ4n) is 0.880. The molecule has 4 heteroatoms. The second-order valence-electron chi connectivity index (χ2n) is 3.21. The Labute approximate surface area is 106 Å². The largest absolute Gasteiger partial charge is 0.466 e. The molecule has 0 rings (SSSR count). The Morgan fingerprint density at radius 2 is 1.47 bits per heavy atom. The van der Waals surface area contributed by atoms with E-state index in [0.717, 1.165) is 0 Å². The van der Waals surface area contributed by atoms with Crippen LogP contribution in [0.4, 0.5) is 0 Å². The van der Waals surface area contributed by atoms with Gasteiger partial charge in [0.05, 0.1) is 12.7 Å². The molecule has 0 aromatic rings. The van der Waals surface area contributed by atoms with Crippen LogP contribution in [0.15, 0.2) is 0 Å². The molecule has 17 heavy (non-hydrogen) atoms. The molecule has 2 N–H and O–H groups in total. The molecule has 0 saturated carbocycles. The van der Waals surface area contributed by atoms with Crippen molar-refractivity contribution in [1.82, 2.24) is 0 Å². The normalized spacial score (nSPS) is 7.06. The fraction of sp³-hybridized carbons (Fsp3) is 0.846. The van der Waals surface area contributed by atoms with Gasteiger partial charge >= 0.3 is 5.97 Å². The first-order chi connectivity index (χ1) is 7.60. The predicted octanol–water partition coefficient (Wildman–Crippen LogP) is 3.25. The lowest BCUT2D eigenvalue weighted by Gasteiger charge is -1.90. The number of esters is 1. The van der Waals surface area contributed by atoms with Gasteiger partial charge in [-0.05, 0) is 6.92 Å². The number of carbonyl (C=O) groups excluding carboxylic acids is 1. The highest BCUT2D eigenvalue weighted by Crippen LogP contribution is 2.00. The zero-order chi connectivity index (χ0) is 13.2. The van der Waals surface area contributed by atoms with Gasteiger partial charge in [-0.2, -0.15) is 5.26 Å². The average Bonchev–Trinajstić information content (AvgIpc) is 2.20. The molecule has 0 bridgehead atoms. The van der Waals surface area contributed by atoms with Crippen LogP contribution in [0, 0.1) is 11.3 Å². The first kappa shape index (κ1) is 24.9. The van der Waals surface area contributed by atoms with Crippen molar-refractivity contribution in [3.8, 4) is 6.07 Å². The zero-order valence-corrected chi connectivity index (χ0v) is 12.0. The Hall–Kier alpha value is -1.08. The summed E-state index contributed by atoms with van der Waals surface area (Å²) in [4.78, 5) is 9.82. The highest BCUT2D eigenvalue weighted by molar-refractivity contribution is 5.65. The Morgan fingerprint density at radius 3 is 1.59 bits per heavy atom. The molecule has 0 aliphatic heterocycles. The molecule has 0 spiro atoms. The summed E-state index contributed by atoms with van der Waals surface area (Å²) in [6, 6.07) is 1.75. The van der Waals surface area contributed by atoms with Gasteiger partial charge < -0.3 is 10.2 Å². The second kappa shape index (κ2) is 29.4. The molecule has 0 aliphatic rings. The van der Waals surface area contributed by atoms with E-state index in [1.807, 2.05) is 0 Å². The summed E-state index contributed by atoms with van der Waals surface area (Å²) in [6.07, 6.45) is 7.01. The summed E-state index contributed by atoms with van der Waals surface area (Å²) in [5.74, 6) is -0.211. The van der Waals surface area contributed by atoms with Crippen LogP contribution in [0.1, 0.15) is 66.7 Å². The molecular formula is C13H29NO3. The van der Waals surface area contributed by atoms with Gasteiger partial charge in [0.15, 0.2) is 0 Å². The summed E-state index contributed by atoms with van der Waals surface area (Å²) in [5, 5.41) is 7.32. The van der Waals surface area contributed by atoms with E-state index in [4.69, 9.17) is 5.26 Å². The van der Waals surface area contributed by atoms with Gasteiger partial charge in [-0.15, -0.1) is 0 Å². The van der Waals surface area contributed by atoms with Crippen molar-refractivity contribution in [3.05, 3.63) is 0 Å². The Bertz CT molecular complexity index is 161. The third-order valence-corrected chi connectivity index (χ3v) is 1.55. The summed E-state index contributed by atoms with van der Waals surface area (Å²) in [7, 11) is 0. The van der Waals surface area contributed by atoms with Crippen molar-refractivity contribution in [3.63, 3.8) is 0 Å². The highest BCUT2D eigenvalue weighted by atomic mass is 16.5. The topological polar surface area (TPSA) is 81.6 Å². The zero-order valence-electron chi connectivity index (χ0n) is 12.0. The van der Waals surface area contributed by atoms with Gasteiger partial charge in [-0.1, -0.05) is 46.0 Å². The van der Waals surface area contributed by atoms with E-state index in [2.05, 4.69) is 18.6 Å². The van der Waals surface area contributed by atoms with Crippen molar-refractivity contribution in [2.24, 2.45) is 0 Å². The molecule has 0 unspecified atom stereocenters. The molecule has 4 nitrogen and oxygen atoms in total. The Morgan fingerprint density at radius 1 is 1.12 bits per heavy atom. The summed E-state index contributed by atoms with van der Waals surface area (Å²) < 4.78 is 4.40. The van der Waals surface area contributed by atoms with Crippen molar-refractivity contribution < 1.29 is 15.0 Å². The van der Waals surface area contributed by atoms with E-state index >= 15 is 0 Å². The second-order valence-corrected chi connectivity index (χ2v) is 3.21. The summed E-state index contributed by atoms with van der Waals surface area (Å²) >= 11 is 0. The first-order valence-corrected chi connectivity index (χ1v) is 6.04. The molecule has 0 aromatic carbocycles. The Kier molecular flexibility index (Phi) is 43.1. The molecule has 0 atom stereocenters. The molecule has 0 heterocycles. The monoisotopic (exact) mass is 247 g/mol. The van der Waals surface area contributed by atoms with Crippen molar-refractivity contribution in [2.45, 2.75) is 66.7 Å². The SMILES string of the molecule is CC#N.CCCCCCC.CCOC(C)=O.O. The van der Waals surface area contributed by atoms with E-state index in [9.17, 15) is 4.79 Å². The molecule has 0 aromatic heterocycles.